The Bertz CT molecular complexity index is 740. The van der Waals surface area contributed by atoms with E-state index in [0.717, 1.165) is 0 Å². The second-order valence-corrected chi connectivity index (χ2v) is 9.04. The van der Waals surface area contributed by atoms with E-state index in [9.17, 15) is 9.35 Å². The molecule has 1 aliphatic heterocycles. The fraction of sp³-hybridized carbons (Fsp3) is 0.562. The van der Waals surface area contributed by atoms with E-state index in [-0.39, 0.29) is 11.8 Å². The molecule has 0 saturated heterocycles. The van der Waals surface area contributed by atoms with Crippen molar-refractivity contribution in [3.8, 4) is 0 Å². The largest absolute Gasteiger partial charge is 0.591 e. The van der Waals surface area contributed by atoms with Gasteiger partial charge in [-0.3, -0.25) is 9.78 Å². The van der Waals surface area contributed by atoms with E-state index < -0.39 is 21.7 Å². The monoisotopic (exact) mass is 365 g/mol. The van der Waals surface area contributed by atoms with Crippen LogP contribution in [0, 0.1) is 0 Å². The van der Waals surface area contributed by atoms with Crippen LogP contribution in [-0.2, 0) is 20.9 Å². The lowest BCUT2D eigenvalue weighted by Crippen LogP contribution is -2.49. The van der Waals surface area contributed by atoms with E-state index in [1.165, 1.54) is 17.4 Å². The Hall–Kier alpha value is -2.00. The summed E-state index contributed by atoms with van der Waals surface area (Å²) in [4.78, 5) is 20.7. The maximum absolute atomic E-state index is 12.3. The predicted octanol–water partition coefficient (Wildman–Crippen LogP) is 1.68. The summed E-state index contributed by atoms with van der Waals surface area (Å²) >= 11 is -1.43. The van der Waals surface area contributed by atoms with Crippen molar-refractivity contribution < 1.29 is 14.1 Å². The van der Waals surface area contributed by atoms with Crippen LogP contribution < -0.4 is 0 Å². The fourth-order valence-electron chi connectivity index (χ4n) is 2.04. The SMILES string of the molecule is CC(=N[S+]([O-])C(C)(C)C)c1nccnc1C1=NN(C)C(=O)C(C)(C)O1. The Morgan fingerprint density at radius 2 is 1.92 bits per heavy atom. The number of nitrogens with zero attached hydrogens (tertiary/aromatic N) is 5. The second-order valence-electron chi connectivity index (χ2n) is 7.14. The van der Waals surface area contributed by atoms with Crippen LogP contribution in [0.5, 0.6) is 0 Å². The maximum atomic E-state index is 12.3. The van der Waals surface area contributed by atoms with Gasteiger partial charge in [-0.1, -0.05) is 4.40 Å². The first kappa shape index (κ1) is 19.3. The molecule has 136 valence electrons. The van der Waals surface area contributed by atoms with Gasteiger partial charge in [0.2, 0.25) is 0 Å². The molecule has 0 bridgehead atoms. The van der Waals surface area contributed by atoms with Gasteiger partial charge in [-0.2, -0.15) is 0 Å². The first-order chi connectivity index (χ1) is 11.4. The number of ether oxygens (including phenoxy) is 1. The Kier molecular flexibility index (Phi) is 5.19. The number of aromatic nitrogens is 2. The predicted molar refractivity (Wildman–Crippen MR) is 96.6 cm³/mol. The van der Waals surface area contributed by atoms with Crippen molar-refractivity contribution in [3.05, 3.63) is 23.8 Å². The van der Waals surface area contributed by atoms with E-state index in [0.29, 0.717) is 17.1 Å². The number of hydrogen-bond acceptors (Lipinski definition) is 7. The lowest BCUT2D eigenvalue weighted by atomic mass is 10.1. The van der Waals surface area contributed by atoms with Crippen LogP contribution in [0.4, 0.5) is 0 Å². The van der Waals surface area contributed by atoms with Gasteiger partial charge in [-0.15, -0.1) is 5.10 Å². The molecule has 0 aliphatic carbocycles. The van der Waals surface area contributed by atoms with E-state index in [1.807, 2.05) is 20.8 Å². The molecule has 8 nitrogen and oxygen atoms in total. The minimum absolute atomic E-state index is 0.172. The molecule has 0 N–H and O–H groups in total. The Labute approximate surface area is 150 Å². The average Bonchev–Trinajstić information content (AvgIpc) is 2.51. The number of likely N-dealkylation sites (N-methyl/N-ethyl adjacent to an activating group) is 1. The van der Waals surface area contributed by atoms with Crippen LogP contribution in [0.3, 0.4) is 0 Å². The van der Waals surface area contributed by atoms with Crippen molar-refractivity contribution in [2.45, 2.75) is 51.9 Å². The Morgan fingerprint density at radius 1 is 1.32 bits per heavy atom. The summed E-state index contributed by atoms with van der Waals surface area (Å²) < 4.78 is 21.8. The summed E-state index contributed by atoms with van der Waals surface area (Å²) in [5, 5.41) is 5.36. The zero-order valence-electron chi connectivity index (χ0n) is 15.5. The molecule has 0 spiro atoms. The van der Waals surface area contributed by atoms with Gasteiger partial charge in [0.1, 0.15) is 27.5 Å². The number of amides is 1. The van der Waals surface area contributed by atoms with E-state index in [1.54, 1.807) is 27.8 Å². The van der Waals surface area contributed by atoms with Crippen LogP contribution in [0.25, 0.3) is 0 Å². The van der Waals surface area contributed by atoms with E-state index in [4.69, 9.17) is 4.74 Å². The normalized spacial score (nSPS) is 19.4. The Morgan fingerprint density at radius 3 is 2.48 bits per heavy atom. The third kappa shape index (κ3) is 4.16. The average molecular weight is 365 g/mol. The molecule has 1 aliphatic rings. The number of carbonyl (C=O) groups excluding carboxylic acids is 1. The zero-order valence-corrected chi connectivity index (χ0v) is 16.3. The summed E-state index contributed by atoms with van der Waals surface area (Å²) in [6.45, 7) is 10.6. The molecule has 25 heavy (non-hydrogen) atoms. The third-order valence-electron chi connectivity index (χ3n) is 3.39. The van der Waals surface area contributed by atoms with Crippen LogP contribution in [0.2, 0.25) is 0 Å². The lowest BCUT2D eigenvalue weighted by Gasteiger charge is -2.32. The van der Waals surface area contributed by atoms with Gasteiger partial charge >= 0.3 is 0 Å². The van der Waals surface area contributed by atoms with Crippen LogP contribution in [-0.4, -0.2) is 54.4 Å². The van der Waals surface area contributed by atoms with E-state index >= 15 is 0 Å². The van der Waals surface area contributed by atoms with Crippen LogP contribution >= 0.6 is 0 Å². The first-order valence-electron chi connectivity index (χ1n) is 7.78. The molecule has 9 heteroatoms. The fourth-order valence-corrected chi connectivity index (χ4v) is 2.65. The molecular weight excluding hydrogens is 342 g/mol. The van der Waals surface area contributed by atoms with Gasteiger partial charge in [0.15, 0.2) is 11.3 Å². The van der Waals surface area contributed by atoms with Gasteiger partial charge < -0.3 is 9.29 Å². The lowest BCUT2D eigenvalue weighted by molar-refractivity contribution is -0.148. The van der Waals surface area contributed by atoms with Crippen molar-refractivity contribution in [1.29, 1.82) is 0 Å². The van der Waals surface area contributed by atoms with Crippen molar-refractivity contribution in [3.63, 3.8) is 0 Å². The molecule has 0 saturated carbocycles. The molecule has 0 aromatic carbocycles. The van der Waals surface area contributed by atoms with Crippen molar-refractivity contribution in [2.24, 2.45) is 9.50 Å². The molecule has 2 heterocycles. The highest BCUT2D eigenvalue weighted by atomic mass is 32.2. The number of carbonyl (C=O) groups is 1. The minimum Gasteiger partial charge on any atom is -0.591 e. The molecular formula is C16H23N5O3S. The molecule has 1 atom stereocenters. The second kappa shape index (κ2) is 6.72. The smallest absolute Gasteiger partial charge is 0.286 e. The summed E-state index contributed by atoms with van der Waals surface area (Å²) in [7, 11) is 1.55. The van der Waals surface area contributed by atoms with Gasteiger partial charge in [0.25, 0.3) is 11.8 Å². The minimum atomic E-state index is -1.43. The summed E-state index contributed by atoms with van der Waals surface area (Å²) in [6.07, 6.45) is 3.02. The summed E-state index contributed by atoms with van der Waals surface area (Å²) in [5.41, 5.74) is 0.152. The number of rotatable bonds is 3. The quantitative estimate of drug-likeness (QED) is 0.599. The van der Waals surface area contributed by atoms with Gasteiger partial charge in [-0.25, -0.2) is 9.99 Å². The highest BCUT2D eigenvalue weighted by molar-refractivity contribution is 7.91. The van der Waals surface area contributed by atoms with E-state index in [2.05, 4.69) is 19.5 Å². The van der Waals surface area contributed by atoms with Gasteiger partial charge in [0, 0.05) is 19.4 Å². The Balaban J connectivity index is 2.48. The third-order valence-corrected chi connectivity index (χ3v) is 4.88. The van der Waals surface area contributed by atoms with Crippen molar-refractivity contribution in [2.75, 3.05) is 7.05 Å². The van der Waals surface area contributed by atoms with Crippen molar-refractivity contribution in [1.82, 2.24) is 15.0 Å². The summed E-state index contributed by atoms with van der Waals surface area (Å²) in [6, 6.07) is 0. The summed E-state index contributed by atoms with van der Waals surface area (Å²) in [5.74, 6) is -0.0905. The molecule has 1 amide bonds. The molecule has 1 aromatic rings. The topological polar surface area (TPSA) is 103 Å². The van der Waals surface area contributed by atoms with Crippen LogP contribution in [0.15, 0.2) is 21.9 Å². The molecule has 1 unspecified atom stereocenters. The number of hydrazone groups is 1. The standard InChI is InChI=1S/C16H23N5O3S/c1-10(20-25(23)15(2,3)4)11-12(18-9-8-17-11)13-19-21(7)14(22)16(5,6)24-13/h8-9H,1-7H3. The maximum Gasteiger partial charge on any atom is 0.286 e. The highest BCUT2D eigenvalue weighted by Crippen LogP contribution is 2.23. The van der Waals surface area contributed by atoms with Crippen molar-refractivity contribution >= 4 is 28.9 Å². The molecule has 0 fully saturated rings. The van der Waals surface area contributed by atoms with Gasteiger partial charge in [0.05, 0.1) is 0 Å². The zero-order chi connectivity index (χ0) is 19.0. The first-order valence-corrected chi connectivity index (χ1v) is 8.89. The van der Waals surface area contributed by atoms with Gasteiger partial charge in [-0.05, 0) is 41.5 Å². The highest BCUT2D eigenvalue weighted by Gasteiger charge is 2.39. The molecule has 0 radical (unpaired) electrons. The molecule has 2 rings (SSSR count). The number of hydrogen-bond donors (Lipinski definition) is 0. The molecule has 1 aromatic heterocycles. The van der Waals surface area contributed by atoms with Crippen LogP contribution in [0.1, 0.15) is 52.9 Å².